The molecule has 1 heterocycles. The van der Waals surface area contributed by atoms with Crippen molar-refractivity contribution in [2.24, 2.45) is 0 Å². The van der Waals surface area contributed by atoms with Crippen LogP contribution >= 0.6 is 15.9 Å². The number of amides is 1. The molecule has 1 aromatic carbocycles. The topological polar surface area (TPSA) is 84.7 Å². The molecule has 0 aliphatic carbocycles. The van der Waals surface area contributed by atoms with E-state index < -0.39 is 16.6 Å². The Kier molecular flexibility index (Phi) is 5.13. The zero-order valence-electron chi connectivity index (χ0n) is 13.3. The first-order valence-electron chi connectivity index (χ1n) is 7.34. The number of hydrogen-bond acceptors (Lipinski definition) is 5. The van der Waals surface area contributed by atoms with Gasteiger partial charge in [-0.05, 0) is 55.3 Å². The number of ether oxygens (including phenoxy) is 1. The number of nitrogens with one attached hydrogen (secondary N) is 1. The third-order valence-corrected chi connectivity index (χ3v) is 4.04. The molecule has 1 fully saturated rings. The lowest BCUT2D eigenvalue weighted by atomic mass is 10.2. The molecule has 2 rings (SSSR count). The lowest BCUT2D eigenvalue weighted by Crippen LogP contribution is -2.40. The Bertz CT molecular complexity index is 615. The van der Waals surface area contributed by atoms with Crippen LogP contribution in [0.3, 0.4) is 0 Å². The maximum absolute atomic E-state index is 11.8. The number of halogens is 1. The number of carbonyl (C=O) groups excluding carboxylic acids is 1. The maximum Gasteiger partial charge on any atom is 0.407 e. The summed E-state index contributed by atoms with van der Waals surface area (Å²) in [6.07, 6.45) is 0.377. The molecule has 1 aliphatic heterocycles. The van der Waals surface area contributed by atoms with E-state index in [4.69, 9.17) is 4.74 Å². The molecule has 0 unspecified atom stereocenters. The summed E-state index contributed by atoms with van der Waals surface area (Å²) >= 11 is 3.23. The summed E-state index contributed by atoms with van der Waals surface area (Å²) < 4.78 is 5.70. The molecule has 0 aromatic heterocycles. The summed E-state index contributed by atoms with van der Waals surface area (Å²) in [6, 6.07) is 4.93. The molecular formula is C15H20BrN3O4. The number of nitro benzene ring substituents is 1. The van der Waals surface area contributed by atoms with Gasteiger partial charge in [-0.2, -0.15) is 0 Å². The smallest absolute Gasteiger partial charge is 0.407 e. The van der Waals surface area contributed by atoms with Crippen LogP contribution in [0.25, 0.3) is 0 Å². The SMILES string of the molecule is CC(C)(C)OC(=O)N[C@H]1CCN(c2ccc([N+](=O)[O-])c(Br)c2)C1. The van der Waals surface area contributed by atoms with Crippen molar-refractivity contribution in [3.63, 3.8) is 0 Å². The van der Waals surface area contributed by atoms with Crippen molar-refractivity contribution in [2.75, 3.05) is 18.0 Å². The van der Waals surface area contributed by atoms with Crippen LogP contribution in [0.2, 0.25) is 0 Å². The second kappa shape index (κ2) is 6.74. The number of hydrogen-bond donors (Lipinski definition) is 1. The molecule has 0 saturated carbocycles. The lowest BCUT2D eigenvalue weighted by molar-refractivity contribution is -0.385. The summed E-state index contributed by atoms with van der Waals surface area (Å²) in [5.41, 5.74) is 0.401. The van der Waals surface area contributed by atoms with Gasteiger partial charge in [0.15, 0.2) is 0 Å². The fourth-order valence-electron chi connectivity index (χ4n) is 2.43. The molecule has 7 nitrogen and oxygen atoms in total. The number of alkyl carbamates (subject to hydrolysis) is 1. The Labute approximate surface area is 143 Å². The molecule has 0 bridgehead atoms. The van der Waals surface area contributed by atoms with Gasteiger partial charge in [-0.3, -0.25) is 10.1 Å². The number of carbonyl (C=O) groups is 1. The highest BCUT2D eigenvalue weighted by molar-refractivity contribution is 9.10. The van der Waals surface area contributed by atoms with Crippen molar-refractivity contribution in [1.82, 2.24) is 5.32 Å². The molecule has 1 aromatic rings. The van der Waals surface area contributed by atoms with Crippen LogP contribution < -0.4 is 10.2 Å². The molecule has 1 atom stereocenters. The minimum atomic E-state index is -0.522. The van der Waals surface area contributed by atoms with Gasteiger partial charge in [0.2, 0.25) is 0 Å². The van der Waals surface area contributed by atoms with E-state index in [1.807, 2.05) is 20.8 Å². The second-order valence-corrected chi connectivity index (χ2v) is 7.33. The number of anilines is 1. The molecule has 8 heteroatoms. The molecule has 0 spiro atoms. The van der Waals surface area contributed by atoms with Crippen molar-refractivity contribution in [1.29, 1.82) is 0 Å². The molecule has 1 saturated heterocycles. The third kappa shape index (κ3) is 4.82. The minimum Gasteiger partial charge on any atom is -0.444 e. The van der Waals surface area contributed by atoms with Crippen LogP contribution in [0, 0.1) is 10.1 Å². The fraction of sp³-hybridized carbons (Fsp3) is 0.533. The Morgan fingerprint density at radius 1 is 1.48 bits per heavy atom. The summed E-state index contributed by atoms with van der Waals surface area (Å²) in [4.78, 5) is 24.3. The second-order valence-electron chi connectivity index (χ2n) is 6.47. The van der Waals surface area contributed by atoms with E-state index >= 15 is 0 Å². The molecule has 0 radical (unpaired) electrons. The van der Waals surface area contributed by atoms with E-state index in [9.17, 15) is 14.9 Å². The van der Waals surface area contributed by atoms with Gasteiger partial charge >= 0.3 is 6.09 Å². The number of benzene rings is 1. The van der Waals surface area contributed by atoms with E-state index in [2.05, 4.69) is 26.1 Å². The number of nitro groups is 1. The largest absolute Gasteiger partial charge is 0.444 e. The van der Waals surface area contributed by atoms with E-state index in [1.54, 1.807) is 12.1 Å². The minimum absolute atomic E-state index is 0.00109. The van der Waals surface area contributed by atoms with Crippen molar-refractivity contribution < 1.29 is 14.5 Å². The van der Waals surface area contributed by atoms with Gasteiger partial charge in [0.05, 0.1) is 15.4 Å². The van der Waals surface area contributed by atoms with Crippen LogP contribution in [-0.4, -0.2) is 35.7 Å². The summed E-state index contributed by atoms with van der Waals surface area (Å²) in [6.45, 7) is 6.88. The third-order valence-electron chi connectivity index (χ3n) is 3.40. The van der Waals surface area contributed by atoms with Crippen LogP contribution in [0.1, 0.15) is 27.2 Å². The van der Waals surface area contributed by atoms with Crippen molar-refractivity contribution in [2.45, 2.75) is 38.8 Å². The molecule has 1 aliphatic rings. The average molecular weight is 386 g/mol. The van der Waals surface area contributed by atoms with Crippen LogP contribution in [-0.2, 0) is 4.74 Å². The van der Waals surface area contributed by atoms with Crippen molar-refractivity contribution in [3.8, 4) is 0 Å². The van der Waals surface area contributed by atoms with E-state index in [0.717, 1.165) is 18.7 Å². The van der Waals surface area contributed by atoms with Gasteiger partial charge in [0.1, 0.15) is 5.60 Å². The van der Waals surface area contributed by atoms with Crippen LogP contribution in [0.5, 0.6) is 0 Å². The highest BCUT2D eigenvalue weighted by Gasteiger charge is 2.27. The van der Waals surface area contributed by atoms with Gasteiger partial charge in [-0.25, -0.2) is 4.79 Å². The summed E-state index contributed by atoms with van der Waals surface area (Å²) in [5, 5.41) is 13.7. The molecule has 1 N–H and O–H groups in total. The monoisotopic (exact) mass is 385 g/mol. The van der Waals surface area contributed by atoms with E-state index in [1.165, 1.54) is 6.07 Å². The van der Waals surface area contributed by atoms with Crippen molar-refractivity contribution in [3.05, 3.63) is 32.8 Å². The van der Waals surface area contributed by atoms with Gasteiger partial charge in [-0.1, -0.05) is 0 Å². The maximum atomic E-state index is 11.8. The Hall–Kier alpha value is -1.83. The predicted molar refractivity (Wildman–Crippen MR) is 90.8 cm³/mol. The van der Waals surface area contributed by atoms with Crippen LogP contribution in [0.4, 0.5) is 16.2 Å². The molecule has 126 valence electrons. The normalized spacial score (nSPS) is 17.9. The highest BCUT2D eigenvalue weighted by atomic mass is 79.9. The predicted octanol–water partition coefficient (Wildman–Crippen LogP) is 3.46. The zero-order chi connectivity index (χ0) is 17.2. The Morgan fingerprint density at radius 3 is 2.74 bits per heavy atom. The van der Waals surface area contributed by atoms with Crippen molar-refractivity contribution >= 4 is 33.4 Å². The van der Waals surface area contributed by atoms with E-state index in [-0.39, 0.29) is 11.7 Å². The van der Waals surface area contributed by atoms with Gasteiger partial charge < -0.3 is 15.0 Å². The molecular weight excluding hydrogens is 366 g/mol. The summed E-state index contributed by atoms with van der Waals surface area (Å²) in [7, 11) is 0. The molecule has 1 amide bonds. The first kappa shape index (κ1) is 17.5. The first-order chi connectivity index (χ1) is 10.7. The highest BCUT2D eigenvalue weighted by Crippen LogP contribution is 2.31. The summed E-state index contributed by atoms with van der Waals surface area (Å²) in [5.74, 6) is 0. The van der Waals surface area contributed by atoms with E-state index in [0.29, 0.717) is 11.0 Å². The Balaban J connectivity index is 1.96. The van der Waals surface area contributed by atoms with Gasteiger partial charge in [-0.15, -0.1) is 0 Å². The fourth-order valence-corrected chi connectivity index (χ4v) is 2.94. The quantitative estimate of drug-likeness (QED) is 0.635. The number of nitrogens with zero attached hydrogens (tertiary/aromatic N) is 2. The molecule has 23 heavy (non-hydrogen) atoms. The number of rotatable bonds is 3. The van der Waals surface area contributed by atoms with Gasteiger partial charge in [0, 0.05) is 24.8 Å². The average Bonchev–Trinajstić information content (AvgIpc) is 2.84. The van der Waals surface area contributed by atoms with Gasteiger partial charge in [0.25, 0.3) is 5.69 Å². The lowest BCUT2D eigenvalue weighted by Gasteiger charge is -2.22. The first-order valence-corrected chi connectivity index (χ1v) is 8.13. The van der Waals surface area contributed by atoms with Crippen LogP contribution in [0.15, 0.2) is 22.7 Å². The standard InChI is InChI=1S/C15H20BrN3O4/c1-15(2,3)23-14(20)17-10-6-7-18(9-10)11-4-5-13(19(21)22)12(16)8-11/h4-5,8,10H,6-7,9H2,1-3H3,(H,17,20)/t10-/m0/s1. The zero-order valence-corrected chi connectivity index (χ0v) is 14.9. The Morgan fingerprint density at radius 2 is 2.17 bits per heavy atom.